The van der Waals surface area contributed by atoms with E-state index in [1.54, 1.807) is 0 Å². The molecule has 2 saturated heterocycles. The summed E-state index contributed by atoms with van der Waals surface area (Å²) < 4.78 is 14.4. The van der Waals surface area contributed by atoms with Gasteiger partial charge in [-0.15, -0.1) is 0 Å². The summed E-state index contributed by atoms with van der Waals surface area (Å²) in [6.45, 7) is 1.75. The van der Waals surface area contributed by atoms with Gasteiger partial charge in [-0.3, -0.25) is 0 Å². The predicted octanol–water partition coefficient (Wildman–Crippen LogP) is 2.22. The number of halogens is 1. The van der Waals surface area contributed by atoms with Crippen LogP contribution in [0.25, 0.3) is 0 Å². The van der Waals surface area contributed by atoms with Crippen LogP contribution in [0.5, 0.6) is 0 Å². The Hall–Kier alpha value is 0.240. The van der Waals surface area contributed by atoms with E-state index in [1.807, 2.05) is 11.8 Å². The number of thioether (sulfide) groups is 1. The normalized spacial score (nSPS) is 30.2. The van der Waals surface area contributed by atoms with E-state index in [2.05, 4.69) is 5.32 Å². The second-order valence-corrected chi connectivity index (χ2v) is 5.40. The molecule has 0 amide bonds. The molecule has 2 heterocycles. The highest BCUT2D eigenvalue weighted by atomic mass is 32.2. The second-order valence-electron chi connectivity index (χ2n) is 4.17. The minimum atomic E-state index is -0.827. The van der Waals surface area contributed by atoms with E-state index in [1.165, 1.54) is 11.5 Å². The summed E-state index contributed by atoms with van der Waals surface area (Å²) in [5.41, 5.74) is -0.827. The molecule has 3 heteroatoms. The zero-order valence-electron chi connectivity index (χ0n) is 8.02. The van der Waals surface area contributed by atoms with Crippen molar-refractivity contribution in [3.05, 3.63) is 0 Å². The first-order valence-corrected chi connectivity index (χ1v) is 6.44. The number of alkyl halides is 1. The summed E-state index contributed by atoms with van der Waals surface area (Å²) >= 11 is 1.98. The lowest BCUT2D eigenvalue weighted by Gasteiger charge is -2.39. The molecule has 13 heavy (non-hydrogen) atoms. The van der Waals surface area contributed by atoms with Crippen LogP contribution in [0.2, 0.25) is 0 Å². The highest BCUT2D eigenvalue weighted by molar-refractivity contribution is 7.99. The van der Waals surface area contributed by atoms with Gasteiger partial charge in [0.15, 0.2) is 0 Å². The van der Waals surface area contributed by atoms with Gasteiger partial charge in [0.2, 0.25) is 0 Å². The summed E-state index contributed by atoms with van der Waals surface area (Å²) in [6, 6.07) is 0. The first kappa shape index (κ1) is 9.78. The van der Waals surface area contributed by atoms with Crippen LogP contribution < -0.4 is 5.32 Å². The van der Waals surface area contributed by atoms with E-state index in [-0.39, 0.29) is 0 Å². The SMILES string of the molecule is FC1(C2CCSCC2)CCNCC1. The Balaban J connectivity index is 1.94. The molecular formula is C10H18FNS. The third-order valence-electron chi connectivity index (χ3n) is 3.39. The number of nitrogens with one attached hydrogen (secondary N) is 1. The number of piperidine rings is 1. The average Bonchev–Trinajstić information content (AvgIpc) is 2.20. The summed E-state index contributed by atoms with van der Waals surface area (Å²) in [7, 11) is 0. The standard InChI is InChI=1S/C10H18FNS/c11-10(3-5-12-6-4-10)9-1-7-13-8-2-9/h9,12H,1-8H2. The molecule has 0 saturated carbocycles. The molecule has 2 aliphatic rings. The molecular weight excluding hydrogens is 185 g/mol. The van der Waals surface area contributed by atoms with Gasteiger partial charge in [-0.2, -0.15) is 11.8 Å². The third-order valence-corrected chi connectivity index (χ3v) is 4.44. The Kier molecular flexibility index (Phi) is 3.14. The van der Waals surface area contributed by atoms with E-state index in [0.29, 0.717) is 5.92 Å². The Morgan fingerprint density at radius 2 is 1.77 bits per heavy atom. The van der Waals surface area contributed by atoms with Crippen molar-refractivity contribution < 1.29 is 4.39 Å². The highest BCUT2D eigenvalue weighted by Crippen LogP contribution is 2.39. The predicted molar refractivity (Wildman–Crippen MR) is 56.0 cm³/mol. The van der Waals surface area contributed by atoms with Crippen molar-refractivity contribution in [2.45, 2.75) is 31.4 Å². The molecule has 0 aromatic carbocycles. The first-order valence-electron chi connectivity index (χ1n) is 5.29. The molecule has 0 spiro atoms. The quantitative estimate of drug-likeness (QED) is 0.701. The maximum atomic E-state index is 14.4. The van der Waals surface area contributed by atoms with E-state index >= 15 is 0 Å². The van der Waals surface area contributed by atoms with Crippen LogP contribution in [0.1, 0.15) is 25.7 Å². The molecule has 0 unspecified atom stereocenters. The van der Waals surface area contributed by atoms with Gasteiger partial charge in [-0.05, 0) is 56.2 Å². The van der Waals surface area contributed by atoms with Crippen molar-refractivity contribution in [3.8, 4) is 0 Å². The first-order chi connectivity index (χ1) is 6.31. The molecule has 2 rings (SSSR count). The van der Waals surface area contributed by atoms with Gasteiger partial charge in [0.1, 0.15) is 5.67 Å². The zero-order valence-corrected chi connectivity index (χ0v) is 8.84. The lowest BCUT2D eigenvalue weighted by Crippen LogP contribution is -2.45. The molecule has 0 aromatic heterocycles. The number of hydrogen-bond donors (Lipinski definition) is 1. The molecule has 1 N–H and O–H groups in total. The topological polar surface area (TPSA) is 12.0 Å². The molecule has 0 bridgehead atoms. The molecule has 0 atom stereocenters. The van der Waals surface area contributed by atoms with E-state index in [0.717, 1.165) is 38.8 Å². The maximum absolute atomic E-state index is 14.4. The fourth-order valence-electron chi connectivity index (χ4n) is 2.47. The van der Waals surface area contributed by atoms with Gasteiger partial charge in [0, 0.05) is 0 Å². The fraction of sp³-hybridized carbons (Fsp3) is 1.00. The van der Waals surface area contributed by atoms with Crippen LogP contribution in [-0.2, 0) is 0 Å². The summed E-state index contributed by atoms with van der Waals surface area (Å²) in [5.74, 6) is 2.70. The Morgan fingerprint density at radius 3 is 2.38 bits per heavy atom. The minimum Gasteiger partial charge on any atom is -0.316 e. The molecule has 76 valence electrons. The van der Waals surface area contributed by atoms with Crippen LogP contribution in [-0.4, -0.2) is 30.3 Å². The second kappa shape index (κ2) is 4.18. The largest absolute Gasteiger partial charge is 0.316 e. The Morgan fingerprint density at radius 1 is 1.15 bits per heavy atom. The zero-order chi connectivity index (χ0) is 9.15. The number of rotatable bonds is 1. The summed E-state index contributed by atoms with van der Waals surface area (Å²) in [6.07, 6.45) is 3.67. The van der Waals surface area contributed by atoms with Crippen molar-refractivity contribution in [2.75, 3.05) is 24.6 Å². The van der Waals surface area contributed by atoms with Crippen molar-refractivity contribution in [1.29, 1.82) is 0 Å². The molecule has 2 aliphatic heterocycles. The van der Waals surface area contributed by atoms with Gasteiger partial charge >= 0.3 is 0 Å². The lowest BCUT2D eigenvalue weighted by molar-refractivity contribution is 0.0407. The van der Waals surface area contributed by atoms with Crippen LogP contribution in [0.4, 0.5) is 4.39 Å². The monoisotopic (exact) mass is 203 g/mol. The van der Waals surface area contributed by atoms with Gasteiger partial charge in [0.25, 0.3) is 0 Å². The third kappa shape index (κ3) is 2.18. The summed E-state index contributed by atoms with van der Waals surface area (Å²) in [5, 5.41) is 3.23. The van der Waals surface area contributed by atoms with E-state index in [9.17, 15) is 4.39 Å². The molecule has 0 radical (unpaired) electrons. The molecule has 0 aromatic rings. The van der Waals surface area contributed by atoms with Crippen LogP contribution >= 0.6 is 11.8 Å². The lowest BCUT2D eigenvalue weighted by atomic mass is 9.78. The summed E-state index contributed by atoms with van der Waals surface area (Å²) in [4.78, 5) is 0. The van der Waals surface area contributed by atoms with Gasteiger partial charge in [-0.25, -0.2) is 4.39 Å². The average molecular weight is 203 g/mol. The van der Waals surface area contributed by atoms with Crippen molar-refractivity contribution in [2.24, 2.45) is 5.92 Å². The van der Waals surface area contributed by atoms with E-state index < -0.39 is 5.67 Å². The van der Waals surface area contributed by atoms with E-state index in [4.69, 9.17) is 0 Å². The molecule has 1 nitrogen and oxygen atoms in total. The van der Waals surface area contributed by atoms with Crippen LogP contribution in [0, 0.1) is 5.92 Å². The Labute approximate surface area is 83.9 Å². The highest BCUT2D eigenvalue weighted by Gasteiger charge is 2.40. The number of hydrogen-bond acceptors (Lipinski definition) is 2. The molecule has 2 fully saturated rings. The van der Waals surface area contributed by atoms with Gasteiger partial charge in [0.05, 0.1) is 0 Å². The van der Waals surface area contributed by atoms with Crippen LogP contribution in [0.3, 0.4) is 0 Å². The fourth-order valence-corrected chi connectivity index (χ4v) is 3.57. The maximum Gasteiger partial charge on any atom is 0.116 e. The minimum absolute atomic E-state index is 0.357. The van der Waals surface area contributed by atoms with Crippen molar-refractivity contribution >= 4 is 11.8 Å². The van der Waals surface area contributed by atoms with Gasteiger partial charge in [-0.1, -0.05) is 0 Å². The Bertz CT molecular complexity index is 162. The molecule has 0 aliphatic carbocycles. The van der Waals surface area contributed by atoms with Gasteiger partial charge < -0.3 is 5.32 Å². The van der Waals surface area contributed by atoms with Crippen molar-refractivity contribution in [3.63, 3.8) is 0 Å². The van der Waals surface area contributed by atoms with Crippen molar-refractivity contribution in [1.82, 2.24) is 5.32 Å². The van der Waals surface area contributed by atoms with Crippen LogP contribution in [0.15, 0.2) is 0 Å². The smallest absolute Gasteiger partial charge is 0.116 e.